The molecule has 1 aromatic heterocycles. The van der Waals surface area contributed by atoms with Gasteiger partial charge in [-0.1, -0.05) is 0 Å². The number of nitrogens with zero attached hydrogens (tertiary/aromatic N) is 1. The third-order valence-electron chi connectivity index (χ3n) is 2.26. The maximum atomic E-state index is 12.0. The van der Waals surface area contributed by atoms with Crippen LogP contribution in [-0.4, -0.2) is 38.0 Å². The Bertz CT molecular complexity index is 341. The van der Waals surface area contributed by atoms with Gasteiger partial charge in [-0.25, -0.2) is 4.98 Å². The second-order valence-corrected chi connectivity index (χ2v) is 4.78. The van der Waals surface area contributed by atoms with E-state index in [1.165, 1.54) is 11.3 Å². The van der Waals surface area contributed by atoms with Crippen LogP contribution in [0.2, 0.25) is 0 Å². The van der Waals surface area contributed by atoms with Crippen LogP contribution in [0, 0.1) is 0 Å². The highest BCUT2D eigenvalue weighted by Crippen LogP contribution is 2.23. The number of ether oxygens (including phenoxy) is 1. The van der Waals surface area contributed by atoms with Crippen molar-refractivity contribution in [1.29, 1.82) is 0 Å². The summed E-state index contributed by atoms with van der Waals surface area (Å²) in [4.78, 5) is 4.18. The molecule has 1 aromatic rings. The van der Waals surface area contributed by atoms with Crippen LogP contribution < -0.4 is 5.32 Å². The molecule has 0 fully saturated rings. The largest absolute Gasteiger partial charge is 0.389 e. The Hall–Kier alpha value is -0.660. The average Bonchev–Trinajstić information content (AvgIpc) is 2.73. The van der Waals surface area contributed by atoms with Gasteiger partial charge in [-0.2, -0.15) is 13.2 Å². The van der Waals surface area contributed by atoms with Crippen molar-refractivity contribution in [2.24, 2.45) is 0 Å². The van der Waals surface area contributed by atoms with Crippen LogP contribution >= 0.6 is 11.3 Å². The molecule has 0 amide bonds. The molecule has 0 aliphatic rings. The van der Waals surface area contributed by atoms with Gasteiger partial charge in [0.2, 0.25) is 0 Å². The zero-order chi connectivity index (χ0) is 13.4. The van der Waals surface area contributed by atoms with Gasteiger partial charge in [0, 0.05) is 44.8 Å². The lowest BCUT2D eigenvalue weighted by molar-refractivity contribution is -0.134. The lowest BCUT2D eigenvalue weighted by Crippen LogP contribution is -2.21. The van der Waals surface area contributed by atoms with E-state index in [1.807, 2.05) is 5.38 Å². The van der Waals surface area contributed by atoms with Gasteiger partial charge in [0.05, 0.1) is 17.3 Å². The van der Waals surface area contributed by atoms with Crippen LogP contribution in [0.25, 0.3) is 0 Å². The molecule has 0 saturated heterocycles. The predicted molar refractivity (Wildman–Crippen MR) is 64.9 cm³/mol. The fourth-order valence-corrected chi connectivity index (χ4v) is 2.18. The Kier molecular flexibility index (Phi) is 6.59. The molecule has 0 spiro atoms. The fraction of sp³-hybridized carbons (Fsp3) is 0.727. The molecule has 0 aliphatic carbocycles. The van der Waals surface area contributed by atoms with Crippen molar-refractivity contribution in [3.8, 4) is 0 Å². The molecule has 7 heteroatoms. The zero-order valence-corrected chi connectivity index (χ0v) is 11.0. The second-order valence-electron chi connectivity index (χ2n) is 3.84. The summed E-state index contributed by atoms with van der Waals surface area (Å²) in [6.07, 6.45) is -4.20. The van der Waals surface area contributed by atoms with Crippen molar-refractivity contribution < 1.29 is 17.9 Å². The van der Waals surface area contributed by atoms with E-state index in [1.54, 1.807) is 7.11 Å². The molecule has 0 atom stereocenters. The van der Waals surface area contributed by atoms with Crippen molar-refractivity contribution >= 4 is 11.3 Å². The van der Waals surface area contributed by atoms with Crippen LogP contribution in [0.15, 0.2) is 5.38 Å². The molecule has 3 nitrogen and oxygen atoms in total. The Labute approximate surface area is 108 Å². The van der Waals surface area contributed by atoms with Gasteiger partial charge in [0.25, 0.3) is 0 Å². The monoisotopic (exact) mass is 282 g/mol. The Morgan fingerprint density at radius 2 is 2.11 bits per heavy atom. The summed E-state index contributed by atoms with van der Waals surface area (Å²) in [7, 11) is 1.63. The Morgan fingerprint density at radius 3 is 2.78 bits per heavy atom. The quantitative estimate of drug-likeness (QED) is 0.744. The molecule has 18 heavy (non-hydrogen) atoms. The molecule has 0 aromatic carbocycles. The molecule has 1 rings (SSSR count). The smallest absolute Gasteiger partial charge is 0.383 e. The molecule has 104 valence electrons. The summed E-state index contributed by atoms with van der Waals surface area (Å²) in [5.74, 6) is 0. The number of aryl methyl sites for hydroxylation is 1. The molecule has 0 radical (unpaired) electrons. The van der Waals surface area contributed by atoms with E-state index in [0.29, 0.717) is 11.6 Å². The number of hydrogen-bond donors (Lipinski definition) is 1. The molecular weight excluding hydrogens is 265 g/mol. The van der Waals surface area contributed by atoms with E-state index in [-0.39, 0.29) is 6.42 Å². The number of methoxy groups -OCH3 is 1. The van der Waals surface area contributed by atoms with Crippen LogP contribution in [0.1, 0.15) is 17.1 Å². The van der Waals surface area contributed by atoms with E-state index in [2.05, 4.69) is 10.3 Å². The van der Waals surface area contributed by atoms with Gasteiger partial charge < -0.3 is 10.1 Å². The summed E-state index contributed by atoms with van der Waals surface area (Å²) >= 11 is 1.29. The molecule has 0 bridgehead atoms. The zero-order valence-electron chi connectivity index (χ0n) is 10.2. The summed E-state index contributed by atoms with van der Waals surface area (Å²) < 4.78 is 41.0. The van der Waals surface area contributed by atoms with Gasteiger partial charge in [0.15, 0.2) is 0 Å². The van der Waals surface area contributed by atoms with Crippen molar-refractivity contribution in [2.45, 2.75) is 25.4 Å². The van der Waals surface area contributed by atoms with Crippen LogP contribution in [0.4, 0.5) is 13.2 Å². The lowest BCUT2D eigenvalue weighted by Gasteiger charge is -2.03. The van der Waals surface area contributed by atoms with E-state index < -0.39 is 12.6 Å². The van der Waals surface area contributed by atoms with Gasteiger partial charge in [-0.15, -0.1) is 11.3 Å². The fourth-order valence-electron chi connectivity index (χ4n) is 1.34. The van der Waals surface area contributed by atoms with Crippen molar-refractivity contribution in [3.63, 3.8) is 0 Å². The van der Waals surface area contributed by atoms with Crippen LogP contribution in [0.5, 0.6) is 0 Å². The normalized spacial score (nSPS) is 12.0. The maximum absolute atomic E-state index is 12.0. The minimum atomic E-state index is -4.10. The first-order valence-corrected chi connectivity index (χ1v) is 6.59. The summed E-state index contributed by atoms with van der Waals surface area (Å²) in [5.41, 5.74) is 0.849. The van der Waals surface area contributed by atoms with Crippen molar-refractivity contribution in [2.75, 3.05) is 26.8 Å². The highest BCUT2D eigenvalue weighted by molar-refractivity contribution is 7.09. The first-order valence-electron chi connectivity index (χ1n) is 5.71. The van der Waals surface area contributed by atoms with Gasteiger partial charge in [-0.3, -0.25) is 0 Å². The van der Waals surface area contributed by atoms with Crippen LogP contribution in [0.3, 0.4) is 0 Å². The standard InChI is InChI=1S/C11H17F3N2OS/c1-17-7-6-15-5-3-9-8-18-10(16-9)2-4-11(12,13)14/h8,15H,2-7H2,1H3. The van der Waals surface area contributed by atoms with Gasteiger partial charge in [0.1, 0.15) is 0 Å². The minimum absolute atomic E-state index is 0.0225. The summed E-state index contributed by atoms with van der Waals surface area (Å²) in [5, 5.41) is 5.54. The van der Waals surface area contributed by atoms with E-state index in [4.69, 9.17) is 4.74 Å². The highest BCUT2D eigenvalue weighted by atomic mass is 32.1. The molecule has 0 unspecified atom stereocenters. The third kappa shape index (κ3) is 6.93. The molecular formula is C11H17F3N2OS. The first-order chi connectivity index (χ1) is 8.51. The molecule has 1 heterocycles. The highest BCUT2D eigenvalue weighted by Gasteiger charge is 2.27. The Balaban J connectivity index is 2.22. The average molecular weight is 282 g/mol. The first kappa shape index (κ1) is 15.4. The number of aromatic nitrogens is 1. The number of halogens is 3. The van der Waals surface area contributed by atoms with Crippen molar-refractivity contribution in [3.05, 3.63) is 16.1 Å². The number of alkyl halides is 3. The predicted octanol–water partition coefficient (Wildman–Crippen LogP) is 2.42. The number of hydrogen-bond acceptors (Lipinski definition) is 4. The number of thiazole rings is 1. The minimum Gasteiger partial charge on any atom is -0.383 e. The lowest BCUT2D eigenvalue weighted by atomic mass is 10.3. The molecule has 0 saturated carbocycles. The van der Waals surface area contributed by atoms with Crippen LogP contribution in [-0.2, 0) is 17.6 Å². The SMILES string of the molecule is COCCNCCc1csc(CCC(F)(F)F)n1. The summed E-state index contributed by atoms with van der Waals surface area (Å²) in [6.45, 7) is 2.17. The number of nitrogens with one attached hydrogen (secondary N) is 1. The van der Waals surface area contributed by atoms with E-state index in [0.717, 1.165) is 25.2 Å². The van der Waals surface area contributed by atoms with Gasteiger partial charge >= 0.3 is 6.18 Å². The second kappa shape index (κ2) is 7.70. The maximum Gasteiger partial charge on any atom is 0.389 e. The molecule has 0 aliphatic heterocycles. The summed E-state index contributed by atoms with van der Waals surface area (Å²) in [6, 6.07) is 0. The van der Waals surface area contributed by atoms with Gasteiger partial charge in [-0.05, 0) is 0 Å². The third-order valence-corrected chi connectivity index (χ3v) is 3.22. The van der Waals surface area contributed by atoms with E-state index in [9.17, 15) is 13.2 Å². The number of rotatable bonds is 8. The topological polar surface area (TPSA) is 34.1 Å². The molecule has 1 N–H and O–H groups in total. The van der Waals surface area contributed by atoms with Crippen molar-refractivity contribution in [1.82, 2.24) is 10.3 Å². The Morgan fingerprint density at radius 1 is 1.33 bits per heavy atom. The van der Waals surface area contributed by atoms with E-state index >= 15 is 0 Å².